The number of amides is 1. The van der Waals surface area contributed by atoms with Crippen molar-refractivity contribution in [2.45, 2.75) is 62.3 Å². The second-order valence-corrected chi connectivity index (χ2v) is 10.9. The van der Waals surface area contributed by atoms with Crippen LogP contribution in [0.2, 0.25) is 0 Å². The van der Waals surface area contributed by atoms with Gasteiger partial charge in [-0.25, -0.2) is 18.7 Å². The van der Waals surface area contributed by atoms with Crippen molar-refractivity contribution < 1.29 is 18.5 Å². The molecule has 4 N–H and O–H groups in total. The highest BCUT2D eigenvalue weighted by Gasteiger charge is 2.33. The minimum Gasteiger partial charge on any atom is -0.453 e. The summed E-state index contributed by atoms with van der Waals surface area (Å²) in [5.41, 5.74) is 6.38. The Morgan fingerprint density at radius 1 is 1.33 bits per heavy atom. The summed E-state index contributed by atoms with van der Waals surface area (Å²) in [5, 5.41) is 4.76. The van der Waals surface area contributed by atoms with Crippen LogP contribution in [0.5, 0.6) is 0 Å². The molecule has 2 heterocycles. The van der Waals surface area contributed by atoms with Gasteiger partial charge < -0.3 is 20.5 Å². The fourth-order valence-electron chi connectivity index (χ4n) is 3.95. The van der Waals surface area contributed by atoms with Crippen LogP contribution >= 0.6 is 11.3 Å². The highest BCUT2D eigenvalue weighted by molar-refractivity contribution is 7.83. The molecule has 8 nitrogen and oxygen atoms in total. The molecular formula is C23H34N4O4S2. The van der Waals surface area contributed by atoms with Crippen LogP contribution < -0.4 is 15.8 Å². The number of ether oxygens (including phenoxy) is 2. The van der Waals surface area contributed by atoms with Crippen LogP contribution in [-0.2, 0) is 20.5 Å². The van der Waals surface area contributed by atoms with Crippen LogP contribution in [0.25, 0.3) is 10.4 Å². The second kappa shape index (κ2) is 11.9. The van der Waals surface area contributed by atoms with Gasteiger partial charge in [0, 0.05) is 29.9 Å². The van der Waals surface area contributed by atoms with E-state index in [0.29, 0.717) is 25.7 Å². The van der Waals surface area contributed by atoms with Crippen LogP contribution in [0.4, 0.5) is 10.5 Å². The lowest BCUT2D eigenvalue weighted by atomic mass is 9.90. The molecule has 182 valence electrons. The maximum atomic E-state index is 12.9. The molecule has 0 bridgehead atoms. The Balaban J connectivity index is 0.000000555. The van der Waals surface area contributed by atoms with E-state index in [0.717, 1.165) is 21.0 Å². The third-order valence-corrected chi connectivity index (χ3v) is 8.17. The number of hydrogen-bond acceptors (Lipinski definition) is 7. The molecule has 2 aliphatic rings. The Labute approximate surface area is 202 Å². The van der Waals surface area contributed by atoms with E-state index in [1.807, 2.05) is 19.2 Å². The van der Waals surface area contributed by atoms with Crippen LogP contribution in [0, 0.1) is 0 Å². The molecular weight excluding hydrogens is 460 g/mol. The highest BCUT2D eigenvalue weighted by Crippen LogP contribution is 2.39. The van der Waals surface area contributed by atoms with Gasteiger partial charge in [-0.05, 0) is 31.9 Å². The zero-order chi connectivity index (χ0) is 23.8. The number of rotatable bonds is 7. The largest absolute Gasteiger partial charge is 0.453 e. The van der Waals surface area contributed by atoms with Gasteiger partial charge in [-0.2, -0.15) is 0 Å². The number of aromatic nitrogens is 1. The van der Waals surface area contributed by atoms with Gasteiger partial charge in [-0.15, -0.1) is 11.3 Å². The van der Waals surface area contributed by atoms with Crippen LogP contribution in [-0.4, -0.2) is 47.7 Å². The van der Waals surface area contributed by atoms with Gasteiger partial charge in [0.2, 0.25) is 0 Å². The van der Waals surface area contributed by atoms with Crippen molar-refractivity contribution in [2.24, 2.45) is 5.73 Å². The van der Waals surface area contributed by atoms with E-state index >= 15 is 0 Å². The molecule has 1 unspecified atom stereocenters. The Kier molecular flexibility index (Phi) is 9.25. The van der Waals surface area contributed by atoms with Gasteiger partial charge in [-0.3, -0.25) is 0 Å². The highest BCUT2D eigenvalue weighted by atomic mass is 32.2. The van der Waals surface area contributed by atoms with Gasteiger partial charge in [0.1, 0.15) is 11.0 Å². The smallest absolute Gasteiger partial charge is 0.404 e. The molecule has 33 heavy (non-hydrogen) atoms. The summed E-state index contributed by atoms with van der Waals surface area (Å²) >= 11 is 1.76. The predicted molar refractivity (Wildman–Crippen MR) is 133 cm³/mol. The zero-order valence-corrected chi connectivity index (χ0v) is 21.2. The summed E-state index contributed by atoms with van der Waals surface area (Å²) in [5.74, 6) is 0.592. The summed E-state index contributed by atoms with van der Waals surface area (Å²) in [6, 6.07) is 6.16. The molecule has 1 amide bonds. The summed E-state index contributed by atoms with van der Waals surface area (Å²) in [7, 11) is -0.0313. The molecule has 10 heteroatoms. The summed E-state index contributed by atoms with van der Waals surface area (Å²) < 4.78 is 25.2. The average molecular weight is 495 g/mol. The standard InChI is InChI=1S/C21H29N3O2S2.C2H5NO2/c1-3-23-28(25)19-11-16(24-21(2)13-26-14-21)9-10-17(19)18-12-22-20(27-18)15-7-5-4-6-8-15;1-5-2(3)4/h9-12,15,23-24H,3-8,13-14H2,1-2H3;1H3,(H2,3,4). The van der Waals surface area contributed by atoms with Crippen molar-refractivity contribution in [2.75, 3.05) is 32.2 Å². The molecule has 1 aliphatic heterocycles. The van der Waals surface area contributed by atoms with E-state index in [4.69, 9.17) is 9.72 Å². The van der Waals surface area contributed by atoms with Crippen LogP contribution in [0.1, 0.15) is 56.9 Å². The third kappa shape index (κ3) is 6.99. The Morgan fingerprint density at radius 3 is 2.61 bits per heavy atom. The summed E-state index contributed by atoms with van der Waals surface area (Å²) in [6.07, 6.45) is 7.66. The number of nitrogens with zero attached hydrogens (tertiary/aromatic N) is 1. The number of primary amides is 1. The lowest BCUT2D eigenvalue weighted by Crippen LogP contribution is -2.53. The predicted octanol–water partition coefficient (Wildman–Crippen LogP) is 4.40. The monoisotopic (exact) mass is 494 g/mol. The first-order valence-corrected chi connectivity index (χ1v) is 13.3. The zero-order valence-electron chi connectivity index (χ0n) is 19.5. The molecule has 2 fully saturated rings. The fraction of sp³-hybridized carbons (Fsp3) is 0.565. The van der Waals surface area contributed by atoms with Crippen molar-refractivity contribution in [3.8, 4) is 10.4 Å². The minimum absolute atomic E-state index is 0.0445. The first-order valence-electron chi connectivity index (χ1n) is 11.3. The van der Waals surface area contributed by atoms with E-state index < -0.39 is 17.1 Å². The maximum Gasteiger partial charge on any atom is 0.404 e. The van der Waals surface area contributed by atoms with Gasteiger partial charge in [0.15, 0.2) is 0 Å². The van der Waals surface area contributed by atoms with Gasteiger partial charge in [0.05, 0.1) is 40.6 Å². The number of benzene rings is 1. The Bertz CT molecular complexity index is 956. The summed E-state index contributed by atoms with van der Waals surface area (Å²) in [6.45, 7) is 6.16. The van der Waals surface area contributed by atoms with Crippen molar-refractivity contribution in [3.05, 3.63) is 29.4 Å². The lowest BCUT2D eigenvalue weighted by Gasteiger charge is -2.39. The molecule has 0 radical (unpaired) electrons. The van der Waals surface area contributed by atoms with E-state index in [9.17, 15) is 9.00 Å². The molecule has 1 aromatic heterocycles. The minimum atomic E-state index is -1.26. The number of carbonyl (C=O) groups excluding carboxylic acids is 1. The topological polar surface area (TPSA) is 116 Å². The van der Waals surface area contributed by atoms with Crippen molar-refractivity contribution in [1.82, 2.24) is 9.71 Å². The van der Waals surface area contributed by atoms with Gasteiger partial charge >= 0.3 is 6.09 Å². The lowest BCUT2D eigenvalue weighted by molar-refractivity contribution is -0.0318. The molecule has 1 aromatic carbocycles. The van der Waals surface area contributed by atoms with Gasteiger partial charge in [-0.1, -0.05) is 32.3 Å². The molecule has 4 rings (SSSR count). The van der Waals surface area contributed by atoms with Gasteiger partial charge in [0.25, 0.3) is 0 Å². The average Bonchev–Trinajstić information content (AvgIpc) is 3.29. The molecule has 1 saturated heterocycles. The Morgan fingerprint density at radius 2 is 2.03 bits per heavy atom. The number of nitrogens with one attached hydrogen (secondary N) is 2. The first-order chi connectivity index (χ1) is 15.8. The number of carbonyl (C=O) groups is 1. The van der Waals surface area contributed by atoms with Crippen molar-refractivity contribution in [1.29, 1.82) is 0 Å². The molecule has 1 saturated carbocycles. The van der Waals surface area contributed by atoms with Crippen molar-refractivity contribution in [3.63, 3.8) is 0 Å². The number of thiazole rings is 1. The quantitative estimate of drug-likeness (QED) is 0.525. The Hall–Kier alpha value is -2.01. The van der Waals surface area contributed by atoms with Crippen LogP contribution in [0.15, 0.2) is 29.3 Å². The number of anilines is 1. The van der Waals surface area contributed by atoms with E-state index in [1.165, 1.54) is 44.2 Å². The molecule has 0 spiro atoms. The van der Waals surface area contributed by atoms with E-state index in [2.05, 4.69) is 39.6 Å². The van der Waals surface area contributed by atoms with E-state index in [1.54, 1.807) is 11.3 Å². The molecule has 1 atom stereocenters. The molecule has 2 aromatic rings. The normalized spacial score (nSPS) is 18.4. The van der Waals surface area contributed by atoms with Crippen LogP contribution in [0.3, 0.4) is 0 Å². The number of nitrogens with two attached hydrogens (primary N) is 1. The van der Waals surface area contributed by atoms with E-state index in [-0.39, 0.29) is 5.54 Å². The number of hydrogen-bond donors (Lipinski definition) is 3. The summed E-state index contributed by atoms with van der Waals surface area (Å²) in [4.78, 5) is 16.0. The fourth-order valence-corrected chi connectivity index (χ4v) is 6.17. The second-order valence-electron chi connectivity index (χ2n) is 8.58. The third-order valence-electron chi connectivity index (χ3n) is 5.69. The molecule has 1 aliphatic carbocycles. The SMILES string of the molecule is CCNS(=O)c1cc(NC2(C)COC2)ccc1-c1cnc(C2CCCCC2)s1.COC(N)=O. The first kappa shape index (κ1) is 25.6. The van der Waals surface area contributed by atoms with Crippen molar-refractivity contribution >= 4 is 34.1 Å². The number of methoxy groups -OCH3 is 1. The maximum absolute atomic E-state index is 12.9.